The summed E-state index contributed by atoms with van der Waals surface area (Å²) in [7, 11) is 0. The van der Waals surface area contributed by atoms with Gasteiger partial charge in [0.15, 0.2) is 0 Å². The van der Waals surface area contributed by atoms with Crippen molar-refractivity contribution in [1.29, 1.82) is 5.26 Å². The van der Waals surface area contributed by atoms with Gasteiger partial charge in [0.25, 0.3) is 12.0 Å². The van der Waals surface area contributed by atoms with E-state index in [0.717, 1.165) is 0 Å². The summed E-state index contributed by atoms with van der Waals surface area (Å²) >= 11 is 0. The molecule has 0 saturated heterocycles. The van der Waals surface area contributed by atoms with Crippen LogP contribution in [0.4, 0.5) is 8.78 Å². The van der Waals surface area contributed by atoms with Gasteiger partial charge in [0.1, 0.15) is 0 Å². The molecule has 5 heteroatoms. The Morgan fingerprint density at radius 3 is 2.85 bits per heavy atom. The highest BCUT2D eigenvalue weighted by atomic mass is 19.3. The molecule has 1 aromatic rings. The van der Waals surface area contributed by atoms with Crippen molar-refractivity contribution in [2.75, 3.05) is 0 Å². The zero-order valence-electron chi connectivity index (χ0n) is 6.55. The summed E-state index contributed by atoms with van der Waals surface area (Å²) in [6.45, 7) is 0. The molecule has 1 aromatic heterocycles. The van der Waals surface area contributed by atoms with Gasteiger partial charge in [-0.2, -0.15) is 5.26 Å². The van der Waals surface area contributed by atoms with Crippen LogP contribution in [0.2, 0.25) is 0 Å². The van der Waals surface area contributed by atoms with Crippen molar-refractivity contribution in [3.63, 3.8) is 0 Å². The van der Waals surface area contributed by atoms with Crippen LogP contribution in [0.5, 0.6) is 0 Å². The van der Waals surface area contributed by atoms with E-state index < -0.39 is 17.5 Å². The van der Waals surface area contributed by atoms with E-state index in [1.807, 2.05) is 0 Å². The van der Waals surface area contributed by atoms with Crippen molar-refractivity contribution in [1.82, 2.24) is 4.98 Å². The molecule has 0 fully saturated rings. The van der Waals surface area contributed by atoms with Gasteiger partial charge in [-0.25, -0.2) is 8.78 Å². The van der Waals surface area contributed by atoms with Gasteiger partial charge < -0.3 is 4.98 Å². The van der Waals surface area contributed by atoms with Gasteiger partial charge in [0.05, 0.1) is 18.1 Å². The number of nitrogens with one attached hydrogen (secondary N) is 1. The Bertz CT molecular complexity index is 392. The van der Waals surface area contributed by atoms with Crippen LogP contribution in [0, 0.1) is 11.3 Å². The predicted octanol–water partition coefficient (Wildman–Crippen LogP) is 1.38. The third-order valence-corrected chi connectivity index (χ3v) is 1.58. The number of aromatic amines is 1. The minimum Gasteiger partial charge on any atom is -0.329 e. The number of nitriles is 1. The molecule has 0 aliphatic carbocycles. The van der Waals surface area contributed by atoms with Crippen molar-refractivity contribution in [2.24, 2.45) is 0 Å². The molecule has 3 nitrogen and oxygen atoms in total. The standard InChI is InChI=1S/C8H6F2N2O/c9-7(10)6-5(1-3-11)2-4-12-8(6)13/h2,4,7H,1H2,(H,12,13). The summed E-state index contributed by atoms with van der Waals surface area (Å²) in [5.41, 5.74) is -1.35. The lowest BCUT2D eigenvalue weighted by atomic mass is 10.1. The maximum absolute atomic E-state index is 12.3. The first-order valence-corrected chi connectivity index (χ1v) is 3.52. The summed E-state index contributed by atoms with van der Waals surface area (Å²) in [4.78, 5) is 13.0. The molecule has 1 heterocycles. The maximum Gasteiger partial charge on any atom is 0.269 e. The van der Waals surface area contributed by atoms with Crippen LogP contribution in [-0.4, -0.2) is 4.98 Å². The fourth-order valence-electron chi connectivity index (χ4n) is 1.01. The second kappa shape index (κ2) is 3.81. The lowest BCUT2D eigenvalue weighted by Crippen LogP contribution is -2.15. The quantitative estimate of drug-likeness (QED) is 0.754. The Morgan fingerprint density at radius 2 is 2.31 bits per heavy atom. The zero-order chi connectivity index (χ0) is 9.84. The number of nitrogens with zero attached hydrogens (tertiary/aromatic N) is 1. The van der Waals surface area contributed by atoms with Crippen LogP contribution in [0.1, 0.15) is 17.6 Å². The summed E-state index contributed by atoms with van der Waals surface area (Å²) in [5, 5.41) is 8.31. The molecule has 1 N–H and O–H groups in total. The van der Waals surface area contributed by atoms with Gasteiger partial charge in [-0.15, -0.1) is 0 Å². The third-order valence-electron chi connectivity index (χ3n) is 1.58. The molecular formula is C8H6F2N2O. The van der Waals surface area contributed by atoms with Crippen LogP contribution < -0.4 is 5.56 Å². The van der Waals surface area contributed by atoms with Gasteiger partial charge in [-0.05, 0) is 11.6 Å². The molecule has 0 bridgehead atoms. The Hall–Kier alpha value is -1.70. The second-order valence-corrected chi connectivity index (χ2v) is 2.38. The van der Waals surface area contributed by atoms with Crippen molar-refractivity contribution in [3.8, 4) is 6.07 Å². The van der Waals surface area contributed by atoms with Crippen LogP contribution in [0.15, 0.2) is 17.1 Å². The Kier molecular flexibility index (Phi) is 2.75. The van der Waals surface area contributed by atoms with Crippen molar-refractivity contribution in [3.05, 3.63) is 33.7 Å². The first kappa shape index (κ1) is 9.39. The van der Waals surface area contributed by atoms with E-state index in [1.54, 1.807) is 6.07 Å². The van der Waals surface area contributed by atoms with E-state index in [4.69, 9.17) is 5.26 Å². The van der Waals surface area contributed by atoms with E-state index in [2.05, 4.69) is 4.98 Å². The molecular weight excluding hydrogens is 178 g/mol. The molecule has 1 rings (SSSR count). The summed E-state index contributed by atoms with van der Waals surface area (Å²) in [6.07, 6.45) is -1.77. The smallest absolute Gasteiger partial charge is 0.269 e. The minimum absolute atomic E-state index is 0.0845. The first-order valence-electron chi connectivity index (χ1n) is 3.52. The Morgan fingerprint density at radius 1 is 1.62 bits per heavy atom. The lowest BCUT2D eigenvalue weighted by Gasteiger charge is -2.02. The second-order valence-electron chi connectivity index (χ2n) is 2.38. The minimum atomic E-state index is -2.84. The third kappa shape index (κ3) is 1.90. The number of H-pyrrole nitrogens is 1. The molecule has 0 aliphatic rings. The number of hydrogen-bond donors (Lipinski definition) is 1. The molecule has 0 atom stereocenters. The molecule has 0 aliphatic heterocycles. The Balaban J connectivity index is 3.28. The van der Waals surface area contributed by atoms with Crippen molar-refractivity contribution in [2.45, 2.75) is 12.8 Å². The molecule has 68 valence electrons. The highest BCUT2D eigenvalue weighted by Gasteiger charge is 2.16. The molecule has 0 amide bonds. The van der Waals surface area contributed by atoms with Gasteiger partial charge in [-0.3, -0.25) is 4.79 Å². The molecule has 13 heavy (non-hydrogen) atoms. The average Bonchev–Trinajstić information content (AvgIpc) is 2.04. The lowest BCUT2D eigenvalue weighted by molar-refractivity contribution is 0.148. The summed E-state index contributed by atoms with van der Waals surface area (Å²) in [5.74, 6) is 0. The van der Waals surface area contributed by atoms with Crippen LogP contribution in [-0.2, 0) is 6.42 Å². The number of pyridine rings is 1. The summed E-state index contributed by atoms with van der Waals surface area (Å²) < 4.78 is 24.6. The van der Waals surface area contributed by atoms with Gasteiger partial charge >= 0.3 is 0 Å². The van der Waals surface area contributed by atoms with E-state index in [-0.39, 0.29) is 12.0 Å². The number of halogens is 2. The molecule has 0 spiro atoms. The molecule has 0 saturated carbocycles. The number of aromatic nitrogens is 1. The highest BCUT2D eigenvalue weighted by Crippen LogP contribution is 2.18. The van der Waals surface area contributed by atoms with E-state index >= 15 is 0 Å². The van der Waals surface area contributed by atoms with E-state index in [0.29, 0.717) is 0 Å². The predicted molar refractivity (Wildman–Crippen MR) is 41.3 cm³/mol. The number of alkyl halides is 2. The number of hydrogen-bond acceptors (Lipinski definition) is 2. The van der Waals surface area contributed by atoms with Gasteiger partial charge in [0, 0.05) is 6.20 Å². The van der Waals surface area contributed by atoms with E-state index in [9.17, 15) is 13.6 Å². The molecule has 0 unspecified atom stereocenters. The fraction of sp³-hybridized carbons (Fsp3) is 0.250. The van der Waals surface area contributed by atoms with Crippen LogP contribution in [0.25, 0.3) is 0 Å². The Labute approximate surface area is 72.6 Å². The SMILES string of the molecule is N#CCc1cc[nH]c(=O)c1C(F)F. The average molecular weight is 184 g/mol. The normalized spacial score (nSPS) is 10.0. The fourth-order valence-corrected chi connectivity index (χ4v) is 1.01. The van der Waals surface area contributed by atoms with Gasteiger partial charge in [0.2, 0.25) is 0 Å². The molecule has 0 radical (unpaired) electrons. The summed E-state index contributed by atoms with van der Waals surface area (Å²) in [6, 6.07) is 3.03. The topological polar surface area (TPSA) is 56.6 Å². The molecule has 0 aromatic carbocycles. The monoisotopic (exact) mass is 184 g/mol. The van der Waals surface area contributed by atoms with Crippen molar-refractivity contribution < 1.29 is 8.78 Å². The van der Waals surface area contributed by atoms with Crippen molar-refractivity contribution >= 4 is 0 Å². The largest absolute Gasteiger partial charge is 0.329 e. The van der Waals surface area contributed by atoms with Gasteiger partial charge in [-0.1, -0.05) is 0 Å². The zero-order valence-corrected chi connectivity index (χ0v) is 6.55. The van der Waals surface area contributed by atoms with Crippen LogP contribution in [0.3, 0.4) is 0 Å². The number of rotatable bonds is 2. The first-order chi connectivity index (χ1) is 6.16. The van der Waals surface area contributed by atoms with E-state index in [1.165, 1.54) is 12.3 Å². The van der Waals surface area contributed by atoms with Crippen LogP contribution >= 0.6 is 0 Å². The maximum atomic E-state index is 12.3. The highest BCUT2D eigenvalue weighted by molar-refractivity contribution is 5.26.